The Hall–Kier alpha value is -2.24. The quantitative estimate of drug-likeness (QED) is 0.850. The minimum atomic E-state index is -0.364. The first kappa shape index (κ1) is 16.6. The summed E-state index contributed by atoms with van der Waals surface area (Å²) in [6.45, 7) is 0.596. The van der Waals surface area contributed by atoms with Crippen LogP contribution in [0.15, 0.2) is 18.2 Å². The van der Waals surface area contributed by atoms with E-state index in [1.807, 2.05) is 18.2 Å². The number of amides is 1. The third-order valence-corrected chi connectivity index (χ3v) is 5.45. The zero-order valence-corrected chi connectivity index (χ0v) is 14.3. The van der Waals surface area contributed by atoms with Crippen LogP contribution in [0.4, 0.5) is 4.79 Å². The fourth-order valence-electron chi connectivity index (χ4n) is 4.18. The highest BCUT2D eigenvalue weighted by atomic mass is 16.5. The number of methoxy groups -OCH3 is 3. The molecule has 1 saturated carbocycles. The van der Waals surface area contributed by atoms with E-state index in [2.05, 4.69) is 0 Å². The first-order chi connectivity index (χ1) is 11.6. The van der Waals surface area contributed by atoms with Crippen molar-refractivity contribution >= 4 is 11.9 Å². The van der Waals surface area contributed by atoms with Gasteiger partial charge in [-0.3, -0.25) is 4.79 Å². The summed E-state index contributed by atoms with van der Waals surface area (Å²) in [5.74, 6) is 1.53. The molecule has 6 nitrogen and oxygen atoms in total. The topological polar surface area (TPSA) is 65.1 Å². The zero-order chi connectivity index (χ0) is 17.3. The number of hydrogen-bond donors (Lipinski definition) is 0. The van der Waals surface area contributed by atoms with Crippen LogP contribution in [-0.2, 0) is 14.9 Å². The van der Waals surface area contributed by atoms with Crippen molar-refractivity contribution in [1.29, 1.82) is 0 Å². The molecule has 1 aromatic carbocycles. The summed E-state index contributed by atoms with van der Waals surface area (Å²) in [4.78, 5) is 25.9. The average molecular weight is 333 g/mol. The van der Waals surface area contributed by atoms with Gasteiger partial charge in [-0.15, -0.1) is 0 Å². The van der Waals surface area contributed by atoms with Gasteiger partial charge in [0.05, 0.1) is 27.4 Å². The molecule has 0 N–H and O–H groups in total. The van der Waals surface area contributed by atoms with Gasteiger partial charge in [-0.25, -0.2) is 4.79 Å². The molecule has 2 aliphatic rings. The third kappa shape index (κ3) is 2.50. The first-order valence-corrected chi connectivity index (χ1v) is 8.14. The Bertz CT molecular complexity index is 659. The molecule has 1 aliphatic heterocycles. The molecule has 2 atom stereocenters. The molecule has 1 aliphatic carbocycles. The second-order valence-corrected chi connectivity index (χ2v) is 6.40. The second kappa shape index (κ2) is 6.34. The number of benzene rings is 1. The molecule has 1 saturated heterocycles. The van der Waals surface area contributed by atoms with Gasteiger partial charge in [0, 0.05) is 24.8 Å². The van der Waals surface area contributed by atoms with Crippen molar-refractivity contribution in [3.05, 3.63) is 23.8 Å². The first-order valence-electron chi connectivity index (χ1n) is 8.14. The molecule has 0 unspecified atom stereocenters. The van der Waals surface area contributed by atoms with E-state index in [0.29, 0.717) is 30.9 Å². The van der Waals surface area contributed by atoms with Crippen LogP contribution in [0.3, 0.4) is 0 Å². The van der Waals surface area contributed by atoms with E-state index in [4.69, 9.17) is 14.2 Å². The van der Waals surface area contributed by atoms with Crippen LogP contribution in [-0.4, -0.2) is 50.7 Å². The molecule has 0 spiro atoms. The van der Waals surface area contributed by atoms with Crippen molar-refractivity contribution in [2.24, 2.45) is 0 Å². The number of rotatable bonds is 3. The summed E-state index contributed by atoms with van der Waals surface area (Å²) in [5, 5.41) is 0. The van der Waals surface area contributed by atoms with Crippen molar-refractivity contribution < 1.29 is 23.8 Å². The molecule has 1 aromatic rings. The van der Waals surface area contributed by atoms with Crippen molar-refractivity contribution in [2.75, 3.05) is 27.9 Å². The smallest absolute Gasteiger partial charge is 0.409 e. The number of ketones is 1. The van der Waals surface area contributed by atoms with Gasteiger partial charge in [-0.2, -0.15) is 0 Å². The van der Waals surface area contributed by atoms with Gasteiger partial charge in [-0.05, 0) is 30.5 Å². The van der Waals surface area contributed by atoms with E-state index in [0.717, 1.165) is 18.4 Å². The van der Waals surface area contributed by atoms with E-state index < -0.39 is 0 Å². The molecule has 24 heavy (non-hydrogen) atoms. The number of nitrogens with zero attached hydrogens (tertiary/aromatic N) is 1. The lowest BCUT2D eigenvalue weighted by Gasteiger charge is -2.41. The SMILES string of the molecule is COC(=O)N1CC[C@]2(c3ccc(OC)c(OC)c3)CCC(=O)C[C@H]12. The Morgan fingerprint density at radius 1 is 1.17 bits per heavy atom. The Labute approximate surface area is 141 Å². The summed E-state index contributed by atoms with van der Waals surface area (Å²) in [6, 6.07) is 5.72. The number of carbonyl (C=O) groups is 2. The Morgan fingerprint density at radius 3 is 2.58 bits per heavy atom. The third-order valence-electron chi connectivity index (χ3n) is 5.45. The normalized spacial score (nSPS) is 26.0. The summed E-state index contributed by atoms with van der Waals surface area (Å²) >= 11 is 0. The largest absolute Gasteiger partial charge is 0.493 e. The van der Waals surface area contributed by atoms with Gasteiger partial charge in [-0.1, -0.05) is 6.07 Å². The van der Waals surface area contributed by atoms with Gasteiger partial charge in [0.25, 0.3) is 0 Å². The van der Waals surface area contributed by atoms with E-state index in [9.17, 15) is 9.59 Å². The molecular formula is C18H23NO5. The predicted octanol–water partition coefficient (Wildman–Crippen LogP) is 2.54. The van der Waals surface area contributed by atoms with E-state index >= 15 is 0 Å². The van der Waals surface area contributed by atoms with Crippen LogP contribution in [0, 0.1) is 0 Å². The van der Waals surface area contributed by atoms with Crippen LogP contribution >= 0.6 is 0 Å². The maximum atomic E-state index is 12.1. The Balaban J connectivity index is 2.03. The van der Waals surface area contributed by atoms with Gasteiger partial charge in [0.1, 0.15) is 5.78 Å². The lowest BCUT2D eigenvalue weighted by Crippen LogP contribution is -2.49. The Kier molecular flexibility index (Phi) is 4.39. The number of fused-ring (bicyclic) bond motifs is 1. The summed E-state index contributed by atoms with van der Waals surface area (Å²) in [7, 11) is 4.59. The molecular weight excluding hydrogens is 310 g/mol. The maximum absolute atomic E-state index is 12.1. The highest BCUT2D eigenvalue weighted by Crippen LogP contribution is 2.49. The minimum Gasteiger partial charge on any atom is -0.493 e. The monoisotopic (exact) mass is 333 g/mol. The van der Waals surface area contributed by atoms with Crippen molar-refractivity contribution in [3.8, 4) is 11.5 Å². The van der Waals surface area contributed by atoms with Crippen molar-refractivity contribution in [3.63, 3.8) is 0 Å². The molecule has 1 amide bonds. The van der Waals surface area contributed by atoms with Crippen molar-refractivity contribution in [2.45, 2.75) is 37.1 Å². The molecule has 0 bridgehead atoms. The van der Waals surface area contributed by atoms with Gasteiger partial charge >= 0.3 is 6.09 Å². The number of Topliss-reactive ketones (excluding diaryl/α,β-unsaturated/α-hetero) is 1. The number of carbonyl (C=O) groups excluding carboxylic acids is 2. The summed E-state index contributed by atoms with van der Waals surface area (Å²) in [6.07, 6.45) is 2.11. The standard InChI is InChI=1S/C18H23NO5/c1-22-14-5-4-12(10-15(14)23-2)18-7-6-13(20)11-16(18)19(9-8-18)17(21)24-3/h4-5,10,16H,6-9,11H2,1-3H3/t16-,18-/m0/s1. The van der Waals surface area contributed by atoms with Crippen molar-refractivity contribution in [1.82, 2.24) is 4.90 Å². The fourth-order valence-corrected chi connectivity index (χ4v) is 4.18. The molecule has 1 heterocycles. The predicted molar refractivity (Wildman–Crippen MR) is 87.6 cm³/mol. The molecule has 6 heteroatoms. The molecule has 2 fully saturated rings. The summed E-state index contributed by atoms with van der Waals surface area (Å²) in [5.41, 5.74) is 0.853. The average Bonchev–Trinajstić information content (AvgIpc) is 3.00. The van der Waals surface area contributed by atoms with Gasteiger partial charge in [0.15, 0.2) is 11.5 Å². The molecule has 0 aromatic heterocycles. The zero-order valence-electron chi connectivity index (χ0n) is 14.3. The highest BCUT2D eigenvalue weighted by Gasteiger charge is 2.53. The van der Waals surface area contributed by atoms with E-state index in [1.54, 1.807) is 19.1 Å². The number of likely N-dealkylation sites (tertiary alicyclic amines) is 1. The molecule has 130 valence electrons. The molecule has 3 rings (SSSR count). The minimum absolute atomic E-state index is 0.163. The number of ether oxygens (including phenoxy) is 3. The van der Waals surface area contributed by atoms with Crippen LogP contribution < -0.4 is 9.47 Å². The van der Waals surface area contributed by atoms with E-state index in [-0.39, 0.29) is 23.3 Å². The van der Waals surface area contributed by atoms with E-state index in [1.165, 1.54) is 7.11 Å². The second-order valence-electron chi connectivity index (χ2n) is 6.40. The van der Waals surface area contributed by atoms with Crippen LogP contribution in [0.25, 0.3) is 0 Å². The maximum Gasteiger partial charge on any atom is 0.409 e. The van der Waals surface area contributed by atoms with Crippen LogP contribution in [0.5, 0.6) is 11.5 Å². The van der Waals surface area contributed by atoms with Gasteiger partial charge in [0.2, 0.25) is 0 Å². The number of hydrogen-bond acceptors (Lipinski definition) is 5. The molecule has 0 radical (unpaired) electrons. The highest BCUT2D eigenvalue weighted by molar-refractivity contribution is 5.82. The Morgan fingerprint density at radius 2 is 1.92 bits per heavy atom. The summed E-state index contributed by atoms with van der Waals surface area (Å²) < 4.78 is 15.7. The lowest BCUT2D eigenvalue weighted by molar-refractivity contribution is -0.122. The van der Waals surface area contributed by atoms with Gasteiger partial charge < -0.3 is 19.1 Å². The van der Waals surface area contributed by atoms with Crippen LogP contribution in [0.2, 0.25) is 0 Å². The lowest BCUT2D eigenvalue weighted by atomic mass is 9.66. The van der Waals surface area contributed by atoms with Crippen LogP contribution in [0.1, 0.15) is 31.2 Å². The fraction of sp³-hybridized carbons (Fsp3) is 0.556.